The Hall–Kier alpha value is -1.91. The van der Waals surface area contributed by atoms with Gasteiger partial charge in [-0.1, -0.05) is 6.07 Å². The first-order chi connectivity index (χ1) is 14.1. The van der Waals surface area contributed by atoms with Gasteiger partial charge in [-0.05, 0) is 32.3 Å². The number of likely N-dealkylation sites (tertiary alicyclic amines) is 1. The second-order valence-corrected chi connectivity index (χ2v) is 6.75. The van der Waals surface area contributed by atoms with Crippen molar-refractivity contribution in [2.45, 2.75) is 26.2 Å². The molecule has 1 aromatic carbocycles. The first-order valence-electron chi connectivity index (χ1n) is 9.99. The summed E-state index contributed by atoms with van der Waals surface area (Å²) in [6, 6.07) is 3.85. The number of aliphatic imine (C=N–C) groups is 1. The van der Waals surface area contributed by atoms with E-state index in [1.54, 1.807) is 28.4 Å². The molecule has 1 heterocycles. The number of guanidine groups is 1. The average Bonchev–Trinajstić information content (AvgIpc) is 2.76. The Labute approximate surface area is 196 Å². The van der Waals surface area contributed by atoms with Crippen molar-refractivity contribution in [1.29, 1.82) is 0 Å². The van der Waals surface area contributed by atoms with Gasteiger partial charge in [0.25, 0.3) is 0 Å². The average molecular weight is 535 g/mol. The van der Waals surface area contributed by atoms with Crippen LogP contribution >= 0.6 is 24.0 Å². The molecule has 30 heavy (non-hydrogen) atoms. The van der Waals surface area contributed by atoms with Crippen molar-refractivity contribution >= 4 is 35.9 Å². The minimum absolute atomic E-state index is 0. The number of rotatable bonds is 8. The van der Waals surface area contributed by atoms with E-state index in [0.29, 0.717) is 36.9 Å². The SMILES string of the molecule is CCOC(=O)C1CCCN(C(=NC)NCCc2ccc(OC)c(OC)c2OC)C1.I. The third kappa shape index (κ3) is 6.55. The van der Waals surface area contributed by atoms with Gasteiger partial charge in [0.05, 0.1) is 33.9 Å². The second kappa shape index (κ2) is 13.4. The smallest absolute Gasteiger partial charge is 0.310 e. The fourth-order valence-electron chi connectivity index (χ4n) is 3.62. The van der Waals surface area contributed by atoms with Gasteiger partial charge in [-0.25, -0.2) is 0 Å². The summed E-state index contributed by atoms with van der Waals surface area (Å²) in [4.78, 5) is 18.6. The Balaban J connectivity index is 0.00000450. The van der Waals surface area contributed by atoms with Crippen LogP contribution in [0.15, 0.2) is 17.1 Å². The molecule has 1 N–H and O–H groups in total. The van der Waals surface area contributed by atoms with Crippen LogP contribution in [0.2, 0.25) is 0 Å². The highest BCUT2D eigenvalue weighted by Crippen LogP contribution is 2.39. The molecule has 1 atom stereocenters. The van der Waals surface area contributed by atoms with E-state index in [0.717, 1.165) is 37.3 Å². The maximum Gasteiger partial charge on any atom is 0.310 e. The molecule has 1 aliphatic rings. The lowest BCUT2D eigenvalue weighted by molar-refractivity contribution is -0.149. The van der Waals surface area contributed by atoms with Crippen LogP contribution in [-0.4, -0.2) is 71.4 Å². The molecule has 1 aromatic rings. The first kappa shape index (κ1) is 26.1. The van der Waals surface area contributed by atoms with E-state index in [1.807, 2.05) is 19.1 Å². The predicted octanol–water partition coefficient (Wildman–Crippen LogP) is 2.72. The van der Waals surface area contributed by atoms with E-state index in [-0.39, 0.29) is 35.9 Å². The van der Waals surface area contributed by atoms with Crippen LogP contribution in [-0.2, 0) is 16.0 Å². The molecule has 1 unspecified atom stereocenters. The Morgan fingerprint density at radius 3 is 2.53 bits per heavy atom. The molecule has 0 amide bonds. The summed E-state index contributed by atoms with van der Waals surface area (Å²) in [5.41, 5.74) is 1.01. The number of carbonyl (C=O) groups excluding carboxylic acids is 1. The lowest BCUT2D eigenvalue weighted by atomic mass is 9.98. The molecule has 1 fully saturated rings. The Kier molecular flexibility index (Phi) is 11.7. The molecule has 8 nitrogen and oxygen atoms in total. The van der Waals surface area contributed by atoms with Gasteiger partial charge in [-0.2, -0.15) is 0 Å². The van der Waals surface area contributed by atoms with Gasteiger partial charge < -0.3 is 29.2 Å². The lowest BCUT2D eigenvalue weighted by Crippen LogP contribution is -2.48. The van der Waals surface area contributed by atoms with Crippen molar-refractivity contribution in [3.63, 3.8) is 0 Å². The maximum atomic E-state index is 12.1. The van der Waals surface area contributed by atoms with Crippen molar-refractivity contribution in [2.75, 3.05) is 54.6 Å². The summed E-state index contributed by atoms with van der Waals surface area (Å²) in [6.45, 7) is 4.41. The Bertz CT molecular complexity index is 714. The van der Waals surface area contributed by atoms with E-state index in [1.165, 1.54) is 0 Å². The number of methoxy groups -OCH3 is 3. The zero-order valence-corrected chi connectivity index (χ0v) is 20.9. The topological polar surface area (TPSA) is 81.6 Å². The van der Waals surface area contributed by atoms with Gasteiger partial charge in [-0.3, -0.25) is 9.79 Å². The van der Waals surface area contributed by atoms with Gasteiger partial charge in [0.2, 0.25) is 5.75 Å². The monoisotopic (exact) mass is 535 g/mol. The number of benzene rings is 1. The summed E-state index contributed by atoms with van der Waals surface area (Å²) < 4.78 is 21.5. The van der Waals surface area contributed by atoms with Crippen LogP contribution in [0.5, 0.6) is 17.2 Å². The van der Waals surface area contributed by atoms with Gasteiger partial charge in [0.1, 0.15) is 0 Å². The normalized spacial score (nSPS) is 16.4. The molecule has 0 radical (unpaired) electrons. The van der Waals surface area contributed by atoms with Gasteiger partial charge in [-0.15, -0.1) is 24.0 Å². The molecule has 0 saturated carbocycles. The van der Waals surface area contributed by atoms with Crippen LogP contribution in [0.4, 0.5) is 0 Å². The molecule has 170 valence electrons. The molecule has 0 bridgehead atoms. The van der Waals surface area contributed by atoms with Crippen molar-refractivity contribution in [2.24, 2.45) is 10.9 Å². The maximum absolute atomic E-state index is 12.1. The van der Waals surface area contributed by atoms with Gasteiger partial charge in [0.15, 0.2) is 17.5 Å². The number of hydrogen-bond acceptors (Lipinski definition) is 6. The quantitative estimate of drug-likeness (QED) is 0.237. The molecular weight excluding hydrogens is 501 g/mol. The third-order valence-electron chi connectivity index (χ3n) is 5.02. The summed E-state index contributed by atoms with van der Waals surface area (Å²) in [5.74, 6) is 2.46. The summed E-state index contributed by atoms with van der Waals surface area (Å²) >= 11 is 0. The van der Waals surface area contributed by atoms with Gasteiger partial charge >= 0.3 is 5.97 Å². The van der Waals surface area contributed by atoms with Gasteiger partial charge in [0, 0.05) is 32.2 Å². The molecule has 0 aliphatic carbocycles. The van der Waals surface area contributed by atoms with E-state index < -0.39 is 0 Å². The summed E-state index contributed by atoms with van der Waals surface area (Å²) in [7, 11) is 6.58. The van der Waals surface area contributed by atoms with Crippen molar-refractivity contribution in [3.05, 3.63) is 17.7 Å². The molecule has 9 heteroatoms. The second-order valence-electron chi connectivity index (χ2n) is 6.75. The molecule has 0 aromatic heterocycles. The zero-order valence-electron chi connectivity index (χ0n) is 18.5. The Morgan fingerprint density at radius 1 is 1.20 bits per heavy atom. The highest BCUT2D eigenvalue weighted by molar-refractivity contribution is 14.0. The largest absolute Gasteiger partial charge is 0.493 e. The van der Waals surface area contributed by atoms with E-state index >= 15 is 0 Å². The fourth-order valence-corrected chi connectivity index (χ4v) is 3.62. The number of carbonyl (C=O) groups is 1. The van der Waals surface area contributed by atoms with Crippen LogP contribution < -0.4 is 19.5 Å². The molecule has 0 spiro atoms. The number of nitrogens with one attached hydrogen (secondary N) is 1. The minimum Gasteiger partial charge on any atom is -0.493 e. The van der Waals surface area contributed by atoms with Crippen LogP contribution in [0.1, 0.15) is 25.3 Å². The molecule has 1 saturated heterocycles. The summed E-state index contributed by atoms with van der Waals surface area (Å²) in [5, 5.41) is 3.39. The molecular formula is C21H34IN3O5. The molecule has 2 rings (SSSR count). The number of esters is 1. The highest BCUT2D eigenvalue weighted by Gasteiger charge is 2.28. The van der Waals surface area contributed by atoms with Crippen molar-refractivity contribution in [3.8, 4) is 17.2 Å². The van der Waals surface area contributed by atoms with E-state index in [2.05, 4.69) is 15.2 Å². The van der Waals surface area contributed by atoms with Crippen LogP contribution in [0.3, 0.4) is 0 Å². The van der Waals surface area contributed by atoms with Crippen LogP contribution in [0, 0.1) is 5.92 Å². The fraction of sp³-hybridized carbons (Fsp3) is 0.619. The predicted molar refractivity (Wildman–Crippen MR) is 128 cm³/mol. The third-order valence-corrected chi connectivity index (χ3v) is 5.02. The standard InChI is InChI=1S/C21H33N3O5.HI/c1-6-29-20(25)16-8-7-13-24(14-16)21(22-2)23-12-11-15-9-10-17(26-3)19(28-5)18(15)27-4;/h9-10,16H,6-8,11-14H2,1-5H3,(H,22,23);1H. The lowest BCUT2D eigenvalue weighted by Gasteiger charge is -2.34. The number of nitrogens with zero attached hydrogens (tertiary/aromatic N) is 2. The molecule has 1 aliphatic heterocycles. The Morgan fingerprint density at radius 2 is 1.93 bits per heavy atom. The van der Waals surface area contributed by atoms with E-state index in [9.17, 15) is 4.79 Å². The number of ether oxygens (including phenoxy) is 4. The highest BCUT2D eigenvalue weighted by atomic mass is 127. The zero-order chi connectivity index (χ0) is 21.2. The number of hydrogen-bond donors (Lipinski definition) is 1. The van der Waals surface area contributed by atoms with Crippen molar-refractivity contribution in [1.82, 2.24) is 10.2 Å². The van der Waals surface area contributed by atoms with Crippen molar-refractivity contribution < 1.29 is 23.7 Å². The van der Waals surface area contributed by atoms with E-state index in [4.69, 9.17) is 18.9 Å². The number of piperidine rings is 1. The number of halogens is 1. The first-order valence-corrected chi connectivity index (χ1v) is 9.99. The minimum atomic E-state index is -0.122. The summed E-state index contributed by atoms with van der Waals surface area (Å²) in [6.07, 6.45) is 2.51. The van der Waals surface area contributed by atoms with Crippen LogP contribution in [0.25, 0.3) is 0 Å².